The number of hydrogen-bond acceptors (Lipinski definition) is 5. The normalized spacial score (nSPS) is 20.6. The maximum atomic E-state index is 13.7. The van der Waals surface area contributed by atoms with Crippen molar-refractivity contribution in [3.63, 3.8) is 0 Å². The van der Waals surface area contributed by atoms with Crippen molar-refractivity contribution in [1.29, 1.82) is 0 Å². The zero-order valence-corrected chi connectivity index (χ0v) is 19.4. The molecular weight excluding hydrogens is 442 g/mol. The van der Waals surface area contributed by atoms with Crippen molar-refractivity contribution in [2.24, 2.45) is 5.73 Å². The predicted molar refractivity (Wildman–Crippen MR) is 133 cm³/mol. The number of amides is 2. The number of carbonyl (C=O) groups is 3. The average molecular weight is 471 g/mol. The van der Waals surface area contributed by atoms with Crippen molar-refractivity contribution in [1.82, 2.24) is 9.38 Å². The van der Waals surface area contributed by atoms with Gasteiger partial charge in [0.2, 0.25) is 5.91 Å². The van der Waals surface area contributed by atoms with Gasteiger partial charge in [0, 0.05) is 55.3 Å². The summed E-state index contributed by atoms with van der Waals surface area (Å²) in [5.41, 5.74) is 9.21. The van der Waals surface area contributed by atoms with E-state index in [2.05, 4.69) is 0 Å². The Morgan fingerprint density at radius 1 is 0.886 bits per heavy atom. The van der Waals surface area contributed by atoms with Crippen LogP contribution < -0.4 is 10.2 Å². The quantitative estimate of drug-likeness (QED) is 0.432. The zero-order chi connectivity index (χ0) is 24.4. The minimum Gasteiger partial charge on any atom is -0.414 e. The third-order valence-corrected chi connectivity index (χ3v) is 7.07. The monoisotopic (exact) mass is 470 g/mol. The van der Waals surface area contributed by atoms with Gasteiger partial charge in [0.1, 0.15) is 18.3 Å². The van der Waals surface area contributed by atoms with Gasteiger partial charge in [0.05, 0.1) is 12.1 Å². The number of benzene rings is 3. The van der Waals surface area contributed by atoms with E-state index in [-0.39, 0.29) is 41.5 Å². The molecule has 2 amide bonds. The third-order valence-electron chi connectivity index (χ3n) is 7.07. The molecule has 0 saturated carbocycles. The molecule has 2 N–H and O–H groups in total. The van der Waals surface area contributed by atoms with E-state index < -0.39 is 0 Å². The van der Waals surface area contributed by atoms with Crippen LogP contribution in [0.15, 0.2) is 78.9 Å². The van der Waals surface area contributed by atoms with E-state index in [0.717, 1.165) is 16.9 Å². The number of rotatable bonds is 6. The molecule has 3 aromatic carbocycles. The van der Waals surface area contributed by atoms with Crippen LogP contribution in [0.3, 0.4) is 0 Å². The number of hydrogen-bond donors (Lipinski definition) is 1. The number of cyclic esters (lactones) is 1. The molecule has 35 heavy (non-hydrogen) atoms. The van der Waals surface area contributed by atoms with Crippen molar-refractivity contribution in [2.45, 2.75) is 25.5 Å². The Morgan fingerprint density at radius 2 is 1.51 bits per heavy atom. The zero-order valence-electron chi connectivity index (χ0n) is 19.4. The molecule has 2 heterocycles. The number of para-hydroxylation sites is 1. The van der Waals surface area contributed by atoms with Gasteiger partial charge in [-0.1, -0.05) is 42.5 Å². The van der Waals surface area contributed by atoms with Gasteiger partial charge in [-0.2, -0.15) is 9.28 Å². The summed E-state index contributed by atoms with van der Waals surface area (Å²) in [4.78, 5) is 40.1. The molecule has 1 fully saturated rings. The number of nitrogens with two attached hydrogens (primary N) is 1. The van der Waals surface area contributed by atoms with Gasteiger partial charge < -0.3 is 10.5 Å². The van der Waals surface area contributed by atoms with Crippen LogP contribution in [0, 0.1) is 0 Å². The van der Waals surface area contributed by atoms with Crippen LogP contribution in [0.1, 0.15) is 34.3 Å². The summed E-state index contributed by atoms with van der Waals surface area (Å²) < 4.78 is 5.69. The van der Waals surface area contributed by atoms with E-state index in [1.807, 2.05) is 59.5 Å². The van der Waals surface area contributed by atoms with Gasteiger partial charge in [-0.05, 0) is 18.2 Å². The highest BCUT2D eigenvalue weighted by atomic mass is 16.6. The molecule has 1 unspecified atom stereocenters. The van der Waals surface area contributed by atoms with Gasteiger partial charge in [-0.15, -0.1) is 0 Å². The van der Waals surface area contributed by atoms with Crippen molar-refractivity contribution in [3.8, 4) is 0 Å². The molecule has 2 aliphatic rings. The van der Waals surface area contributed by atoms with E-state index in [4.69, 9.17) is 10.5 Å². The topological polar surface area (TPSA) is 89.7 Å². The molecule has 0 aromatic heterocycles. The second-order valence-electron chi connectivity index (χ2n) is 9.12. The van der Waals surface area contributed by atoms with Crippen LogP contribution in [-0.2, 0) is 16.1 Å². The lowest BCUT2D eigenvalue weighted by atomic mass is 9.94. The molecule has 1 atom stereocenters. The summed E-state index contributed by atoms with van der Waals surface area (Å²) in [5.74, 6) is -0.418. The van der Waals surface area contributed by atoms with Crippen molar-refractivity contribution >= 4 is 29.2 Å². The summed E-state index contributed by atoms with van der Waals surface area (Å²) in [7, 11) is 0. The lowest BCUT2D eigenvalue weighted by Crippen LogP contribution is -2.62. The summed E-state index contributed by atoms with van der Waals surface area (Å²) in [5, 5.41) is 0. The lowest BCUT2D eigenvalue weighted by molar-refractivity contribution is -0.119. The first kappa shape index (κ1) is 23.0. The molecule has 7 nitrogen and oxygen atoms in total. The first-order valence-corrected chi connectivity index (χ1v) is 11.9. The number of carbonyl (C=O) groups excluding carboxylic acids is 3. The standard InChI is InChI=1S/C28H27N3O4/c29-26(32)18-30-16-14-24(15-17-30)31(25-9-5-4-8-22(25)19-35-28(31)34)23-12-10-21(11-13-23)27(33)20-6-2-1-3-7-20/h1-13,24H,14-19H2,(H-,29,32)/p+1. The van der Waals surface area contributed by atoms with Crippen LogP contribution >= 0.6 is 0 Å². The molecule has 5 rings (SSSR count). The number of primary amides is 1. The van der Waals surface area contributed by atoms with Gasteiger partial charge in [0.15, 0.2) is 11.5 Å². The third kappa shape index (κ3) is 4.13. The molecule has 178 valence electrons. The van der Waals surface area contributed by atoms with Crippen LogP contribution in [0.2, 0.25) is 0 Å². The summed E-state index contributed by atoms with van der Waals surface area (Å²) in [6.45, 7) is 1.77. The number of piperidine rings is 1. The van der Waals surface area contributed by atoms with Gasteiger partial charge in [0.25, 0.3) is 0 Å². The number of quaternary nitrogens is 1. The second kappa shape index (κ2) is 9.44. The Balaban J connectivity index is 1.55. The van der Waals surface area contributed by atoms with Crippen LogP contribution in [-0.4, -0.2) is 48.4 Å². The summed E-state index contributed by atoms with van der Waals surface area (Å²) >= 11 is 0. The van der Waals surface area contributed by atoms with Crippen molar-refractivity contribution < 1.29 is 19.1 Å². The average Bonchev–Trinajstić information content (AvgIpc) is 2.89. The van der Waals surface area contributed by atoms with E-state index in [9.17, 15) is 14.4 Å². The van der Waals surface area contributed by atoms with Crippen LogP contribution in [0.4, 0.5) is 16.2 Å². The molecule has 0 radical (unpaired) electrons. The number of fused-ring (bicyclic) bond motifs is 1. The maximum Gasteiger partial charge on any atom is 0.527 e. The summed E-state index contributed by atoms with van der Waals surface area (Å²) in [6, 6.07) is 24.3. The van der Waals surface area contributed by atoms with Gasteiger partial charge in [-0.25, -0.2) is 0 Å². The molecule has 7 heteroatoms. The van der Waals surface area contributed by atoms with Gasteiger partial charge in [-0.3, -0.25) is 14.5 Å². The predicted octanol–water partition coefficient (Wildman–Crippen LogP) is 4.16. The van der Waals surface area contributed by atoms with Crippen LogP contribution in [0.25, 0.3) is 0 Å². The minimum atomic E-state index is -0.353. The van der Waals surface area contributed by atoms with E-state index in [1.165, 1.54) is 0 Å². The molecule has 0 spiro atoms. The smallest absolute Gasteiger partial charge is 0.414 e. The fraction of sp³-hybridized carbons (Fsp3) is 0.250. The SMILES string of the molecule is NC(=O)CN1CCC([N+]2(c3ccc(C(=O)c4ccccc4)cc3)C(=O)OCc3ccccc32)CC1. The minimum absolute atomic E-state index is 0.0552. The van der Waals surface area contributed by atoms with Gasteiger partial charge >= 0.3 is 6.09 Å². The maximum absolute atomic E-state index is 13.7. The van der Waals surface area contributed by atoms with E-state index in [0.29, 0.717) is 37.1 Å². The molecule has 1 saturated heterocycles. The summed E-state index contributed by atoms with van der Waals surface area (Å²) in [6.07, 6.45) is 1.07. The number of nitrogens with zero attached hydrogens (tertiary/aromatic N) is 2. The fourth-order valence-corrected chi connectivity index (χ4v) is 5.41. The molecule has 0 bridgehead atoms. The highest BCUT2D eigenvalue weighted by Crippen LogP contribution is 2.46. The molecule has 0 aliphatic carbocycles. The first-order valence-electron chi connectivity index (χ1n) is 11.9. The molecular formula is C28H28N3O4+. The highest BCUT2D eigenvalue weighted by molar-refractivity contribution is 6.09. The highest BCUT2D eigenvalue weighted by Gasteiger charge is 2.54. The van der Waals surface area contributed by atoms with Crippen molar-refractivity contribution in [2.75, 3.05) is 19.6 Å². The largest absolute Gasteiger partial charge is 0.527 e. The fourth-order valence-electron chi connectivity index (χ4n) is 5.41. The van der Waals surface area contributed by atoms with Crippen molar-refractivity contribution in [3.05, 3.63) is 95.6 Å². The van der Waals surface area contributed by atoms with Crippen LogP contribution in [0.5, 0.6) is 0 Å². The van der Waals surface area contributed by atoms with E-state index in [1.54, 1.807) is 24.3 Å². The number of likely N-dealkylation sites (tertiary alicyclic amines) is 1. The second-order valence-corrected chi connectivity index (χ2v) is 9.12. The lowest BCUT2D eigenvalue weighted by Gasteiger charge is -2.45. The Kier molecular flexibility index (Phi) is 6.19. The number of ether oxygens (including phenoxy) is 1. The number of ketones is 1. The Hall–Kier alpha value is -3.81. The van der Waals surface area contributed by atoms with E-state index >= 15 is 0 Å². The molecule has 2 aliphatic heterocycles. The first-order chi connectivity index (χ1) is 17.0. The Bertz CT molecular complexity index is 1250. The Labute approximate surface area is 204 Å². The Morgan fingerprint density at radius 3 is 2.20 bits per heavy atom. The molecule has 3 aromatic rings.